The van der Waals surface area contributed by atoms with E-state index in [1.807, 2.05) is 0 Å². The summed E-state index contributed by atoms with van der Waals surface area (Å²) in [6.45, 7) is 5.46. The molecule has 0 aliphatic carbocycles. The minimum Gasteiger partial charge on any atom is -0.349 e. The molecule has 1 aromatic rings. The van der Waals surface area contributed by atoms with Crippen molar-refractivity contribution in [3.8, 4) is 0 Å². The van der Waals surface area contributed by atoms with Gasteiger partial charge >= 0.3 is 0 Å². The van der Waals surface area contributed by atoms with Crippen molar-refractivity contribution >= 4 is 17.5 Å². The monoisotopic (exact) mass is 281 g/mol. The van der Waals surface area contributed by atoms with Crippen molar-refractivity contribution in [3.63, 3.8) is 0 Å². The zero-order valence-electron chi connectivity index (χ0n) is 11.2. The van der Waals surface area contributed by atoms with Crippen molar-refractivity contribution in [3.05, 3.63) is 29.0 Å². The third-order valence-electron chi connectivity index (χ3n) is 3.48. The molecule has 1 N–H and O–H groups in total. The number of carbonyl (C=O) groups excluding carboxylic acids is 1. The number of nitrogens with one attached hydrogen (secondary N) is 1. The molecule has 0 radical (unpaired) electrons. The number of likely N-dealkylation sites (tertiary alicyclic amines) is 1. The van der Waals surface area contributed by atoms with Crippen molar-refractivity contribution in [1.29, 1.82) is 0 Å². The molecule has 5 heteroatoms. The molecule has 0 unspecified atom stereocenters. The maximum absolute atomic E-state index is 12.1. The molecule has 4 nitrogen and oxygen atoms in total. The van der Waals surface area contributed by atoms with Crippen LogP contribution >= 0.6 is 11.6 Å². The number of halogens is 1. The van der Waals surface area contributed by atoms with E-state index in [9.17, 15) is 4.79 Å². The number of hydrogen-bond acceptors (Lipinski definition) is 3. The summed E-state index contributed by atoms with van der Waals surface area (Å²) in [6.07, 6.45) is 6.29. The van der Waals surface area contributed by atoms with Crippen molar-refractivity contribution < 1.29 is 4.79 Å². The molecule has 0 aromatic carbocycles. The van der Waals surface area contributed by atoms with Gasteiger partial charge in [0, 0.05) is 31.5 Å². The van der Waals surface area contributed by atoms with Crippen LogP contribution in [0.15, 0.2) is 18.5 Å². The van der Waals surface area contributed by atoms with Gasteiger partial charge < -0.3 is 10.2 Å². The molecule has 2 heterocycles. The Hall–Kier alpha value is -1.13. The molecule has 1 aromatic heterocycles. The first-order valence-electron chi connectivity index (χ1n) is 6.83. The van der Waals surface area contributed by atoms with Gasteiger partial charge in [-0.1, -0.05) is 18.5 Å². The molecule has 0 atom stereocenters. The number of hydrogen-bond donors (Lipinski definition) is 1. The number of rotatable bonds is 4. The zero-order chi connectivity index (χ0) is 13.7. The third kappa shape index (κ3) is 3.91. The summed E-state index contributed by atoms with van der Waals surface area (Å²) in [6, 6.07) is 1.91. The van der Waals surface area contributed by atoms with Crippen LogP contribution < -0.4 is 5.32 Å². The minimum absolute atomic E-state index is 0.0960. The van der Waals surface area contributed by atoms with Gasteiger partial charge in [0.05, 0.1) is 10.6 Å². The van der Waals surface area contributed by atoms with Gasteiger partial charge in [0.25, 0.3) is 5.91 Å². The fourth-order valence-corrected chi connectivity index (χ4v) is 2.64. The van der Waals surface area contributed by atoms with E-state index in [1.54, 1.807) is 12.3 Å². The van der Waals surface area contributed by atoms with E-state index in [0.717, 1.165) is 32.5 Å². The molecule has 0 saturated carbocycles. The first kappa shape index (κ1) is 14.3. The largest absolute Gasteiger partial charge is 0.349 e. The molecule has 1 aliphatic heterocycles. The third-order valence-corrected chi connectivity index (χ3v) is 3.78. The lowest BCUT2D eigenvalue weighted by Crippen LogP contribution is -2.44. The van der Waals surface area contributed by atoms with Gasteiger partial charge in [-0.2, -0.15) is 0 Å². The van der Waals surface area contributed by atoms with Crippen LogP contribution in [0.4, 0.5) is 0 Å². The summed E-state index contributed by atoms with van der Waals surface area (Å²) < 4.78 is 0. The van der Waals surface area contributed by atoms with Crippen LogP contribution in [-0.4, -0.2) is 41.5 Å². The van der Waals surface area contributed by atoms with Crippen LogP contribution in [0.1, 0.15) is 36.5 Å². The van der Waals surface area contributed by atoms with E-state index in [4.69, 9.17) is 11.6 Å². The molecule has 1 saturated heterocycles. The molecular formula is C14H20ClN3O. The Bertz CT molecular complexity index is 430. The number of amides is 1. The molecule has 1 amide bonds. The van der Waals surface area contributed by atoms with Crippen LogP contribution in [0.2, 0.25) is 5.02 Å². The highest BCUT2D eigenvalue weighted by Crippen LogP contribution is 2.15. The second kappa shape index (κ2) is 6.87. The molecule has 1 aliphatic rings. The van der Waals surface area contributed by atoms with Crippen LogP contribution in [0, 0.1) is 0 Å². The Balaban J connectivity index is 1.86. The Morgan fingerprint density at radius 3 is 2.89 bits per heavy atom. The predicted molar refractivity (Wildman–Crippen MR) is 76.5 cm³/mol. The lowest BCUT2D eigenvalue weighted by molar-refractivity contribution is 0.0911. The van der Waals surface area contributed by atoms with Crippen LogP contribution in [-0.2, 0) is 0 Å². The molecule has 19 heavy (non-hydrogen) atoms. The van der Waals surface area contributed by atoms with E-state index in [-0.39, 0.29) is 11.9 Å². The van der Waals surface area contributed by atoms with Crippen molar-refractivity contribution in [2.45, 2.75) is 32.2 Å². The Labute approximate surface area is 119 Å². The smallest absolute Gasteiger partial charge is 0.253 e. The summed E-state index contributed by atoms with van der Waals surface area (Å²) >= 11 is 5.97. The van der Waals surface area contributed by atoms with E-state index in [1.165, 1.54) is 12.6 Å². The summed E-state index contributed by atoms with van der Waals surface area (Å²) in [5, 5.41) is 3.47. The van der Waals surface area contributed by atoms with Crippen molar-refractivity contribution in [1.82, 2.24) is 15.2 Å². The van der Waals surface area contributed by atoms with E-state index >= 15 is 0 Å². The highest BCUT2D eigenvalue weighted by atomic mass is 35.5. The second-order valence-corrected chi connectivity index (χ2v) is 5.35. The van der Waals surface area contributed by atoms with E-state index in [2.05, 4.69) is 22.1 Å². The summed E-state index contributed by atoms with van der Waals surface area (Å²) in [7, 11) is 0. The second-order valence-electron chi connectivity index (χ2n) is 4.94. The lowest BCUT2D eigenvalue weighted by Gasteiger charge is -2.32. The first-order chi connectivity index (χ1) is 9.20. The predicted octanol–water partition coefficient (Wildman–Crippen LogP) is 2.34. The minimum atomic E-state index is -0.0960. The van der Waals surface area contributed by atoms with Crippen LogP contribution in [0.3, 0.4) is 0 Å². The van der Waals surface area contributed by atoms with Gasteiger partial charge in [-0.15, -0.1) is 0 Å². The topological polar surface area (TPSA) is 45.2 Å². The van der Waals surface area contributed by atoms with E-state index in [0.29, 0.717) is 10.6 Å². The summed E-state index contributed by atoms with van der Waals surface area (Å²) in [5.41, 5.74) is 0.507. The zero-order valence-corrected chi connectivity index (χ0v) is 12.0. The van der Waals surface area contributed by atoms with Crippen molar-refractivity contribution in [2.75, 3.05) is 19.6 Å². The fraction of sp³-hybridized carbons (Fsp3) is 0.571. The van der Waals surface area contributed by atoms with Crippen LogP contribution in [0.25, 0.3) is 0 Å². The van der Waals surface area contributed by atoms with Gasteiger partial charge in [0.2, 0.25) is 0 Å². The normalized spacial score (nSPS) is 17.4. The Morgan fingerprint density at radius 1 is 1.53 bits per heavy atom. The highest BCUT2D eigenvalue weighted by molar-refractivity contribution is 6.33. The lowest BCUT2D eigenvalue weighted by atomic mass is 10.0. The molecule has 2 rings (SSSR count). The number of nitrogens with zero attached hydrogens (tertiary/aromatic N) is 2. The number of pyridine rings is 1. The highest BCUT2D eigenvalue weighted by Gasteiger charge is 2.21. The SMILES string of the molecule is CCCN1CCC(NC(=O)c2ccncc2Cl)CC1. The maximum Gasteiger partial charge on any atom is 0.253 e. The average Bonchev–Trinajstić information content (AvgIpc) is 2.42. The molecule has 0 bridgehead atoms. The molecular weight excluding hydrogens is 262 g/mol. The Morgan fingerprint density at radius 2 is 2.26 bits per heavy atom. The van der Waals surface area contributed by atoms with Gasteiger partial charge in [-0.05, 0) is 31.9 Å². The average molecular weight is 282 g/mol. The number of aromatic nitrogens is 1. The first-order valence-corrected chi connectivity index (χ1v) is 7.21. The number of piperidine rings is 1. The van der Waals surface area contributed by atoms with Crippen LogP contribution in [0.5, 0.6) is 0 Å². The Kier molecular flexibility index (Phi) is 5.16. The molecule has 1 fully saturated rings. The maximum atomic E-state index is 12.1. The molecule has 104 valence electrons. The molecule has 0 spiro atoms. The fourth-order valence-electron chi connectivity index (χ4n) is 2.44. The van der Waals surface area contributed by atoms with Gasteiger partial charge in [-0.3, -0.25) is 9.78 Å². The quantitative estimate of drug-likeness (QED) is 0.921. The summed E-state index contributed by atoms with van der Waals surface area (Å²) in [5.74, 6) is -0.0960. The van der Waals surface area contributed by atoms with E-state index < -0.39 is 0 Å². The van der Waals surface area contributed by atoms with Gasteiger partial charge in [0.15, 0.2) is 0 Å². The standard InChI is InChI=1S/C14H20ClN3O/c1-2-7-18-8-4-11(5-9-18)17-14(19)12-3-6-16-10-13(12)15/h3,6,10-11H,2,4-5,7-9H2,1H3,(H,17,19). The van der Waals surface area contributed by atoms with Gasteiger partial charge in [-0.25, -0.2) is 0 Å². The van der Waals surface area contributed by atoms with Gasteiger partial charge in [0.1, 0.15) is 0 Å². The summed E-state index contributed by atoms with van der Waals surface area (Å²) in [4.78, 5) is 18.4. The van der Waals surface area contributed by atoms with Crippen molar-refractivity contribution in [2.24, 2.45) is 0 Å². The number of carbonyl (C=O) groups is 1.